The molecule has 150 valence electrons. The molecule has 4 rings (SSSR count). The molecule has 0 amide bonds. The van der Waals surface area contributed by atoms with Gasteiger partial charge in [-0.15, -0.1) is 0 Å². The Hall–Kier alpha value is -3.01. The molecule has 1 fully saturated rings. The first-order chi connectivity index (χ1) is 13.9. The first-order valence-corrected chi connectivity index (χ1v) is 10.3. The number of para-hydroxylation sites is 1. The third-order valence-electron chi connectivity index (χ3n) is 6.42. The summed E-state index contributed by atoms with van der Waals surface area (Å²) < 4.78 is 2.19. The van der Waals surface area contributed by atoms with Gasteiger partial charge in [-0.3, -0.25) is 0 Å². The number of nitrogens with one attached hydrogen (secondary N) is 1. The third kappa shape index (κ3) is 3.33. The lowest BCUT2D eigenvalue weighted by molar-refractivity contribution is -0.132. The van der Waals surface area contributed by atoms with E-state index >= 15 is 0 Å². The molecule has 0 radical (unpaired) electrons. The number of aromatic nitrogens is 1. The summed E-state index contributed by atoms with van der Waals surface area (Å²) in [6, 6.07) is 14.5. The lowest BCUT2D eigenvalue weighted by Gasteiger charge is -2.39. The van der Waals surface area contributed by atoms with E-state index in [0.717, 1.165) is 23.0 Å². The van der Waals surface area contributed by atoms with Crippen LogP contribution in [0.5, 0.6) is 0 Å². The van der Waals surface area contributed by atoms with Gasteiger partial charge in [0, 0.05) is 40.2 Å². The largest absolute Gasteiger partial charge is 0.478 e. The average Bonchev–Trinajstić information content (AvgIpc) is 2.99. The lowest BCUT2D eigenvalue weighted by atomic mass is 9.66. The highest BCUT2D eigenvalue weighted by Crippen LogP contribution is 2.41. The zero-order chi connectivity index (χ0) is 20.7. The van der Waals surface area contributed by atoms with Crippen LogP contribution in [-0.4, -0.2) is 15.6 Å². The van der Waals surface area contributed by atoms with Crippen LogP contribution in [0, 0.1) is 17.8 Å². The fraction of sp³-hybridized carbons (Fsp3) is 0.320. The molecule has 3 aromatic rings. The minimum atomic E-state index is -0.886. The van der Waals surface area contributed by atoms with Crippen molar-refractivity contribution in [3.8, 4) is 0 Å². The van der Waals surface area contributed by atoms with Crippen molar-refractivity contribution in [3.63, 3.8) is 0 Å². The van der Waals surface area contributed by atoms with E-state index in [0.29, 0.717) is 29.0 Å². The van der Waals surface area contributed by atoms with Crippen molar-refractivity contribution in [1.29, 1.82) is 0 Å². The second-order valence-corrected chi connectivity index (χ2v) is 8.29. The van der Waals surface area contributed by atoms with Gasteiger partial charge in [-0.25, -0.2) is 4.79 Å². The number of aryl methyl sites for hydroxylation is 1. The van der Waals surface area contributed by atoms with E-state index in [1.54, 1.807) is 0 Å². The maximum absolute atomic E-state index is 12.0. The summed E-state index contributed by atoms with van der Waals surface area (Å²) in [6.45, 7) is 6.26. The summed E-state index contributed by atoms with van der Waals surface area (Å²) in [6.07, 6.45) is 4.95. The molecule has 0 bridgehead atoms. The standard InChI is InChI=1S/C25H28N2O2/c1-5-22(21(25(28)29)14-19-15(2)12-16(19)3)26-17-10-11-24-20(13-17)18-8-6-7-9-23(18)27(24)4/h5-11,13-16,19,26H,12H2,1-4H3,(H,28,29)/b21-14+,22-5+. The van der Waals surface area contributed by atoms with Gasteiger partial charge in [-0.2, -0.15) is 0 Å². The van der Waals surface area contributed by atoms with Crippen molar-refractivity contribution in [3.05, 3.63) is 65.9 Å². The van der Waals surface area contributed by atoms with E-state index in [1.807, 2.05) is 37.3 Å². The quantitative estimate of drug-likeness (QED) is 0.419. The molecule has 2 unspecified atom stereocenters. The van der Waals surface area contributed by atoms with Gasteiger partial charge in [0.2, 0.25) is 0 Å². The Morgan fingerprint density at radius 3 is 2.45 bits per heavy atom. The molecule has 1 aliphatic rings. The Kier molecular flexibility index (Phi) is 4.95. The maximum atomic E-state index is 12.0. The second kappa shape index (κ2) is 7.43. The molecule has 2 N–H and O–H groups in total. The van der Waals surface area contributed by atoms with Gasteiger partial charge >= 0.3 is 5.97 Å². The topological polar surface area (TPSA) is 54.3 Å². The van der Waals surface area contributed by atoms with E-state index < -0.39 is 5.97 Å². The first kappa shape index (κ1) is 19.3. The number of carbonyl (C=O) groups is 1. The number of nitrogens with zero attached hydrogens (tertiary/aromatic N) is 1. The smallest absolute Gasteiger partial charge is 0.337 e. The number of allylic oxidation sites excluding steroid dienone is 2. The Balaban J connectivity index is 1.71. The summed E-state index contributed by atoms with van der Waals surface area (Å²) in [5.74, 6) is 0.496. The van der Waals surface area contributed by atoms with Crippen LogP contribution >= 0.6 is 0 Å². The van der Waals surface area contributed by atoms with Crippen LogP contribution in [0.25, 0.3) is 21.8 Å². The van der Waals surface area contributed by atoms with Crippen LogP contribution in [-0.2, 0) is 11.8 Å². The summed E-state index contributed by atoms with van der Waals surface area (Å²) >= 11 is 0. The van der Waals surface area contributed by atoms with Crippen LogP contribution in [0.15, 0.2) is 65.9 Å². The third-order valence-corrected chi connectivity index (χ3v) is 6.42. The monoisotopic (exact) mass is 388 g/mol. The number of carboxylic acids is 1. The molecule has 4 heteroatoms. The van der Waals surface area contributed by atoms with E-state index in [-0.39, 0.29) is 0 Å². The van der Waals surface area contributed by atoms with Gasteiger partial charge < -0.3 is 15.0 Å². The minimum absolute atomic E-state index is 0.318. The van der Waals surface area contributed by atoms with Crippen molar-refractivity contribution in [1.82, 2.24) is 4.57 Å². The molecule has 1 saturated carbocycles. The number of hydrogen-bond acceptors (Lipinski definition) is 2. The molecule has 0 saturated heterocycles. The number of anilines is 1. The number of aliphatic carboxylic acids is 1. The molecule has 29 heavy (non-hydrogen) atoms. The molecule has 1 aliphatic carbocycles. The van der Waals surface area contributed by atoms with Gasteiger partial charge in [0.05, 0.1) is 5.57 Å². The van der Waals surface area contributed by atoms with E-state index in [1.165, 1.54) is 10.9 Å². The lowest BCUT2D eigenvalue weighted by Crippen LogP contribution is -2.32. The van der Waals surface area contributed by atoms with Crippen molar-refractivity contribution >= 4 is 33.5 Å². The fourth-order valence-electron chi connectivity index (χ4n) is 4.76. The zero-order valence-corrected chi connectivity index (χ0v) is 17.4. The molecule has 2 atom stereocenters. The van der Waals surface area contributed by atoms with Gasteiger partial charge in [0.1, 0.15) is 0 Å². The Morgan fingerprint density at radius 1 is 1.10 bits per heavy atom. The molecular weight excluding hydrogens is 360 g/mol. The number of hydrogen-bond donors (Lipinski definition) is 2. The molecule has 0 spiro atoms. The highest BCUT2D eigenvalue weighted by Gasteiger charge is 2.34. The highest BCUT2D eigenvalue weighted by atomic mass is 16.4. The molecule has 1 aromatic heterocycles. The number of benzene rings is 2. The van der Waals surface area contributed by atoms with Crippen LogP contribution in [0.2, 0.25) is 0 Å². The van der Waals surface area contributed by atoms with E-state index in [4.69, 9.17) is 0 Å². The SMILES string of the molecule is C/C=C(Nc1ccc2c(c1)c1ccccc1n2C)\C(=C/C1C(C)CC1C)C(=O)O. The maximum Gasteiger partial charge on any atom is 0.337 e. The van der Waals surface area contributed by atoms with Crippen LogP contribution in [0.3, 0.4) is 0 Å². The van der Waals surface area contributed by atoms with Gasteiger partial charge in [0.25, 0.3) is 0 Å². The van der Waals surface area contributed by atoms with Crippen LogP contribution < -0.4 is 5.32 Å². The zero-order valence-electron chi connectivity index (χ0n) is 17.4. The van der Waals surface area contributed by atoms with Crippen molar-refractivity contribution in [2.45, 2.75) is 27.2 Å². The summed E-state index contributed by atoms with van der Waals surface area (Å²) in [5, 5.41) is 15.6. The van der Waals surface area contributed by atoms with Crippen LogP contribution in [0.1, 0.15) is 27.2 Å². The van der Waals surface area contributed by atoms with E-state index in [2.05, 4.69) is 55.0 Å². The Bertz CT molecular complexity index is 1140. The van der Waals surface area contributed by atoms with Crippen molar-refractivity contribution in [2.24, 2.45) is 24.8 Å². The number of fused-ring (bicyclic) bond motifs is 3. The van der Waals surface area contributed by atoms with E-state index in [9.17, 15) is 9.90 Å². The molecule has 1 heterocycles. The first-order valence-electron chi connectivity index (χ1n) is 10.3. The normalized spacial score (nSPS) is 22.7. The predicted molar refractivity (Wildman–Crippen MR) is 120 cm³/mol. The van der Waals surface area contributed by atoms with Gasteiger partial charge in [-0.05, 0) is 55.4 Å². The van der Waals surface area contributed by atoms with Gasteiger partial charge in [0.15, 0.2) is 0 Å². The minimum Gasteiger partial charge on any atom is -0.478 e. The summed E-state index contributed by atoms with van der Waals surface area (Å²) in [7, 11) is 2.07. The number of carboxylic acid groups (broad SMARTS) is 1. The Morgan fingerprint density at radius 2 is 1.79 bits per heavy atom. The predicted octanol–water partition coefficient (Wildman–Crippen LogP) is 5.95. The van der Waals surface area contributed by atoms with Crippen LogP contribution in [0.4, 0.5) is 5.69 Å². The number of rotatable bonds is 5. The van der Waals surface area contributed by atoms with Crippen molar-refractivity contribution in [2.75, 3.05) is 5.32 Å². The van der Waals surface area contributed by atoms with Gasteiger partial charge in [-0.1, -0.05) is 44.2 Å². The molecule has 2 aromatic carbocycles. The molecule has 4 nitrogen and oxygen atoms in total. The molecule has 0 aliphatic heterocycles. The summed E-state index contributed by atoms with van der Waals surface area (Å²) in [4.78, 5) is 12.0. The Labute approximate surface area is 171 Å². The second-order valence-electron chi connectivity index (χ2n) is 8.29. The average molecular weight is 389 g/mol. The fourth-order valence-corrected chi connectivity index (χ4v) is 4.76. The van der Waals surface area contributed by atoms with Crippen molar-refractivity contribution < 1.29 is 9.90 Å². The summed E-state index contributed by atoms with van der Waals surface area (Å²) in [5.41, 5.74) is 4.23. The molecular formula is C25H28N2O2. The highest BCUT2D eigenvalue weighted by molar-refractivity contribution is 6.09.